The Morgan fingerprint density at radius 3 is 2.71 bits per heavy atom. The fourth-order valence-electron chi connectivity index (χ4n) is 2.10. The van der Waals surface area contributed by atoms with E-state index in [4.69, 9.17) is 25.1 Å². The van der Waals surface area contributed by atoms with Gasteiger partial charge in [-0.15, -0.1) is 0 Å². The van der Waals surface area contributed by atoms with Gasteiger partial charge in [-0.25, -0.2) is 0 Å². The van der Waals surface area contributed by atoms with E-state index in [0.29, 0.717) is 24.5 Å². The van der Waals surface area contributed by atoms with Crippen molar-refractivity contribution in [1.29, 1.82) is 0 Å². The van der Waals surface area contributed by atoms with Gasteiger partial charge in [-0.2, -0.15) is 0 Å². The molecule has 0 bridgehead atoms. The van der Waals surface area contributed by atoms with Crippen LogP contribution < -0.4 is 10.5 Å². The summed E-state index contributed by atoms with van der Waals surface area (Å²) < 4.78 is 16.5. The van der Waals surface area contributed by atoms with E-state index in [0.717, 1.165) is 25.9 Å². The number of ether oxygens (including phenoxy) is 3. The van der Waals surface area contributed by atoms with Crippen molar-refractivity contribution in [3.8, 4) is 5.75 Å². The zero-order valence-electron chi connectivity index (χ0n) is 11.9. The zero-order valence-corrected chi connectivity index (χ0v) is 11.9. The predicted molar refractivity (Wildman–Crippen MR) is 76.0 cm³/mol. The van der Waals surface area contributed by atoms with Crippen molar-refractivity contribution in [2.75, 3.05) is 19.8 Å². The molecule has 0 aliphatic carbocycles. The smallest absolute Gasteiger partial charge is 0.325 e. The number of carbonyl (C=O) groups is 1. The van der Waals surface area contributed by atoms with Crippen LogP contribution >= 0.6 is 0 Å². The highest BCUT2D eigenvalue weighted by molar-refractivity contribution is 5.75. The Hall–Kier alpha value is -1.63. The molecule has 1 aromatic carbocycles. The highest BCUT2D eigenvalue weighted by Gasteiger charge is 2.14. The van der Waals surface area contributed by atoms with Crippen LogP contribution in [0.1, 0.15) is 30.9 Å². The summed E-state index contributed by atoms with van der Waals surface area (Å²) in [6.07, 6.45) is 3.05. The maximum absolute atomic E-state index is 10.8. The SMILES string of the molecule is NC(C(=O)O)c1ccc(OCCOC2CCCCO2)cc1. The van der Waals surface area contributed by atoms with Crippen molar-refractivity contribution >= 4 is 5.97 Å². The van der Waals surface area contributed by atoms with E-state index in [1.165, 1.54) is 0 Å². The van der Waals surface area contributed by atoms with Crippen LogP contribution in [0.3, 0.4) is 0 Å². The molecule has 6 nitrogen and oxygen atoms in total. The van der Waals surface area contributed by atoms with E-state index >= 15 is 0 Å². The number of aliphatic carboxylic acids is 1. The van der Waals surface area contributed by atoms with Crippen molar-refractivity contribution in [3.63, 3.8) is 0 Å². The summed E-state index contributed by atoms with van der Waals surface area (Å²) in [5.41, 5.74) is 6.06. The molecule has 1 fully saturated rings. The first-order valence-corrected chi connectivity index (χ1v) is 7.11. The van der Waals surface area contributed by atoms with E-state index in [1.807, 2.05) is 0 Å². The molecule has 21 heavy (non-hydrogen) atoms. The molecule has 2 rings (SSSR count). The van der Waals surface area contributed by atoms with Gasteiger partial charge in [0.05, 0.1) is 6.61 Å². The van der Waals surface area contributed by atoms with E-state index in [1.54, 1.807) is 24.3 Å². The summed E-state index contributed by atoms with van der Waals surface area (Å²) in [4.78, 5) is 10.8. The normalized spacial score (nSPS) is 20.0. The summed E-state index contributed by atoms with van der Waals surface area (Å²) in [7, 11) is 0. The van der Waals surface area contributed by atoms with Gasteiger partial charge in [-0.1, -0.05) is 12.1 Å². The third kappa shape index (κ3) is 5.00. The van der Waals surface area contributed by atoms with Crippen LogP contribution in [0.25, 0.3) is 0 Å². The lowest BCUT2D eigenvalue weighted by atomic mass is 10.1. The zero-order chi connectivity index (χ0) is 15.1. The Morgan fingerprint density at radius 2 is 2.10 bits per heavy atom. The second kappa shape index (κ2) is 7.97. The van der Waals surface area contributed by atoms with E-state index in [2.05, 4.69) is 0 Å². The first-order chi connectivity index (χ1) is 10.2. The van der Waals surface area contributed by atoms with Crippen LogP contribution in [0.5, 0.6) is 5.75 Å². The van der Waals surface area contributed by atoms with Crippen molar-refractivity contribution < 1.29 is 24.1 Å². The lowest BCUT2D eigenvalue weighted by Gasteiger charge is -2.22. The molecule has 1 aromatic rings. The number of carboxylic acids is 1. The van der Waals surface area contributed by atoms with Crippen molar-refractivity contribution in [2.45, 2.75) is 31.6 Å². The number of hydrogen-bond acceptors (Lipinski definition) is 5. The van der Waals surface area contributed by atoms with Crippen LogP contribution in [0.15, 0.2) is 24.3 Å². The molecular formula is C15H21NO5. The number of hydrogen-bond donors (Lipinski definition) is 2. The predicted octanol–water partition coefficient (Wildman–Crippen LogP) is 1.69. The molecule has 1 aliphatic heterocycles. The molecule has 1 aliphatic rings. The van der Waals surface area contributed by atoms with Gasteiger partial charge in [-0.3, -0.25) is 4.79 Å². The number of nitrogens with two attached hydrogens (primary N) is 1. The molecule has 0 saturated carbocycles. The van der Waals surface area contributed by atoms with Gasteiger partial charge < -0.3 is 25.1 Å². The Kier molecular flexibility index (Phi) is 5.98. The molecule has 3 N–H and O–H groups in total. The quantitative estimate of drug-likeness (QED) is 0.744. The number of benzene rings is 1. The van der Waals surface area contributed by atoms with E-state index in [9.17, 15) is 4.79 Å². The number of rotatable bonds is 7. The van der Waals surface area contributed by atoms with Crippen molar-refractivity contribution in [3.05, 3.63) is 29.8 Å². The first kappa shape index (κ1) is 15.8. The molecule has 2 unspecified atom stereocenters. The van der Waals surface area contributed by atoms with Gasteiger partial charge in [0.15, 0.2) is 6.29 Å². The maximum atomic E-state index is 10.8. The molecular weight excluding hydrogens is 274 g/mol. The summed E-state index contributed by atoms with van der Waals surface area (Å²) in [6, 6.07) is 5.70. The van der Waals surface area contributed by atoms with Crippen LogP contribution in [0, 0.1) is 0 Å². The lowest BCUT2D eigenvalue weighted by Crippen LogP contribution is -2.24. The molecule has 6 heteroatoms. The molecule has 0 radical (unpaired) electrons. The van der Waals surface area contributed by atoms with Gasteiger partial charge >= 0.3 is 5.97 Å². The Labute approximate surface area is 123 Å². The topological polar surface area (TPSA) is 91.0 Å². The van der Waals surface area contributed by atoms with Crippen LogP contribution in [0.2, 0.25) is 0 Å². The monoisotopic (exact) mass is 295 g/mol. The summed E-state index contributed by atoms with van der Waals surface area (Å²) in [5, 5.41) is 8.82. The summed E-state index contributed by atoms with van der Waals surface area (Å²) >= 11 is 0. The number of carboxylic acid groups (broad SMARTS) is 1. The fourth-order valence-corrected chi connectivity index (χ4v) is 2.10. The maximum Gasteiger partial charge on any atom is 0.325 e. The minimum Gasteiger partial charge on any atom is -0.491 e. The molecule has 116 valence electrons. The van der Waals surface area contributed by atoms with E-state index < -0.39 is 12.0 Å². The third-order valence-electron chi connectivity index (χ3n) is 3.30. The second-order valence-corrected chi connectivity index (χ2v) is 4.90. The Balaban J connectivity index is 1.69. The first-order valence-electron chi connectivity index (χ1n) is 7.11. The third-order valence-corrected chi connectivity index (χ3v) is 3.30. The Morgan fingerprint density at radius 1 is 1.33 bits per heavy atom. The second-order valence-electron chi connectivity index (χ2n) is 4.90. The molecule has 1 heterocycles. The summed E-state index contributed by atoms with van der Waals surface area (Å²) in [5.74, 6) is -0.394. The van der Waals surface area contributed by atoms with Gasteiger partial charge in [0.25, 0.3) is 0 Å². The van der Waals surface area contributed by atoms with Crippen LogP contribution in [-0.4, -0.2) is 37.2 Å². The lowest BCUT2D eigenvalue weighted by molar-refractivity contribution is -0.165. The highest BCUT2D eigenvalue weighted by Crippen LogP contribution is 2.17. The van der Waals surface area contributed by atoms with Crippen LogP contribution in [0.4, 0.5) is 0 Å². The molecule has 0 amide bonds. The average molecular weight is 295 g/mol. The fraction of sp³-hybridized carbons (Fsp3) is 0.533. The highest BCUT2D eigenvalue weighted by atomic mass is 16.7. The molecule has 1 saturated heterocycles. The van der Waals surface area contributed by atoms with Gasteiger partial charge in [0.2, 0.25) is 0 Å². The minimum atomic E-state index is -1.05. The van der Waals surface area contributed by atoms with Crippen LogP contribution in [-0.2, 0) is 14.3 Å². The molecule has 0 spiro atoms. The molecule has 0 aromatic heterocycles. The Bertz CT molecular complexity index is 442. The minimum absolute atomic E-state index is 0.113. The van der Waals surface area contributed by atoms with E-state index in [-0.39, 0.29) is 6.29 Å². The average Bonchev–Trinajstić information content (AvgIpc) is 2.52. The van der Waals surface area contributed by atoms with Crippen molar-refractivity contribution in [1.82, 2.24) is 0 Å². The van der Waals surface area contributed by atoms with Gasteiger partial charge in [0.1, 0.15) is 18.4 Å². The standard InChI is InChI=1S/C15H21NO5/c16-14(15(17)18)11-4-6-12(7-5-11)19-9-10-21-13-3-1-2-8-20-13/h4-7,13-14H,1-3,8-10,16H2,(H,17,18). The summed E-state index contributed by atoms with van der Waals surface area (Å²) in [6.45, 7) is 1.64. The largest absolute Gasteiger partial charge is 0.491 e. The van der Waals surface area contributed by atoms with Gasteiger partial charge in [0, 0.05) is 6.61 Å². The van der Waals surface area contributed by atoms with Gasteiger partial charge in [-0.05, 0) is 37.0 Å². The molecule has 2 atom stereocenters. The van der Waals surface area contributed by atoms with Crippen molar-refractivity contribution in [2.24, 2.45) is 5.73 Å².